The van der Waals surface area contributed by atoms with Crippen molar-refractivity contribution in [1.82, 2.24) is 5.32 Å². The van der Waals surface area contributed by atoms with Crippen molar-refractivity contribution < 1.29 is 4.39 Å². The quantitative estimate of drug-likeness (QED) is 0.863. The van der Waals surface area contributed by atoms with Crippen molar-refractivity contribution in [1.29, 1.82) is 0 Å². The lowest BCUT2D eigenvalue weighted by molar-refractivity contribution is 0.603. The third-order valence-electron chi connectivity index (χ3n) is 3.75. The van der Waals surface area contributed by atoms with E-state index >= 15 is 0 Å². The van der Waals surface area contributed by atoms with Crippen molar-refractivity contribution in [2.75, 3.05) is 12.8 Å². The second kappa shape index (κ2) is 6.58. The zero-order chi connectivity index (χ0) is 13.0. The van der Waals surface area contributed by atoms with E-state index < -0.39 is 0 Å². The van der Waals surface area contributed by atoms with E-state index in [1.165, 1.54) is 25.7 Å². The Morgan fingerprint density at radius 1 is 1.39 bits per heavy atom. The van der Waals surface area contributed by atoms with E-state index in [1.54, 1.807) is 13.0 Å². The Morgan fingerprint density at radius 3 is 2.72 bits per heavy atom. The molecule has 0 spiro atoms. The zero-order valence-corrected chi connectivity index (χ0v) is 12.0. The molecule has 1 fully saturated rings. The fraction of sp³-hybridized carbons (Fsp3) is 0.600. The molecule has 18 heavy (non-hydrogen) atoms. The number of rotatable bonds is 5. The Balaban J connectivity index is 1.96. The Kier molecular flexibility index (Phi) is 5.07. The van der Waals surface area contributed by atoms with Gasteiger partial charge in [-0.3, -0.25) is 0 Å². The molecule has 1 nitrogen and oxygen atoms in total. The largest absolute Gasteiger partial charge is 0.312 e. The molecule has 100 valence electrons. The molecular formula is C15H22FNS. The topological polar surface area (TPSA) is 12.0 Å². The van der Waals surface area contributed by atoms with Gasteiger partial charge in [-0.05, 0) is 44.0 Å². The van der Waals surface area contributed by atoms with E-state index in [1.807, 2.05) is 30.9 Å². The lowest BCUT2D eigenvalue weighted by Crippen LogP contribution is -2.20. The molecule has 1 aromatic carbocycles. The van der Waals surface area contributed by atoms with Crippen LogP contribution in [0.1, 0.15) is 42.9 Å². The average Bonchev–Trinajstić information content (AvgIpc) is 2.87. The highest BCUT2D eigenvalue weighted by atomic mass is 32.2. The SMILES string of the molecule is CNC(CSC1CCCC1)c1ccc(C)c(F)c1. The van der Waals surface area contributed by atoms with Crippen molar-refractivity contribution in [3.05, 3.63) is 35.1 Å². The molecule has 1 aromatic rings. The fourth-order valence-corrected chi connectivity index (χ4v) is 3.95. The minimum Gasteiger partial charge on any atom is -0.312 e. The van der Waals surface area contributed by atoms with E-state index in [-0.39, 0.29) is 11.9 Å². The van der Waals surface area contributed by atoms with E-state index in [0.29, 0.717) is 0 Å². The van der Waals surface area contributed by atoms with Gasteiger partial charge >= 0.3 is 0 Å². The molecule has 1 saturated carbocycles. The second-order valence-corrected chi connectivity index (χ2v) is 6.42. The van der Waals surface area contributed by atoms with Gasteiger partial charge in [-0.1, -0.05) is 25.0 Å². The summed E-state index contributed by atoms with van der Waals surface area (Å²) in [7, 11) is 1.96. The predicted octanol–water partition coefficient (Wildman–Crippen LogP) is 4.07. The third kappa shape index (κ3) is 3.48. The van der Waals surface area contributed by atoms with Crippen LogP contribution in [0.15, 0.2) is 18.2 Å². The maximum Gasteiger partial charge on any atom is 0.126 e. The Hall–Kier alpha value is -0.540. The first-order valence-electron chi connectivity index (χ1n) is 6.75. The standard InChI is InChI=1S/C15H22FNS/c1-11-7-8-12(9-14(11)16)15(17-2)10-18-13-5-3-4-6-13/h7-9,13,15,17H,3-6,10H2,1-2H3. The summed E-state index contributed by atoms with van der Waals surface area (Å²) < 4.78 is 13.6. The van der Waals surface area contributed by atoms with Crippen LogP contribution in [0, 0.1) is 12.7 Å². The number of thioether (sulfide) groups is 1. The molecule has 1 aliphatic carbocycles. The lowest BCUT2D eigenvalue weighted by atomic mass is 10.1. The molecule has 0 bridgehead atoms. The molecule has 0 aliphatic heterocycles. The normalized spacial score (nSPS) is 18.2. The van der Waals surface area contributed by atoms with Crippen LogP contribution in [-0.2, 0) is 0 Å². The molecule has 2 rings (SSSR count). The molecule has 0 saturated heterocycles. The molecule has 1 N–H and O–H groups in total. The molecule has 1 unspecified atom stereocenters. The number of hydrogen-bond acceptors (Lipinski definition) is 2. The number of nitrogens with one attached hydrogen (secondary N) is 1. The lowest BCUT2D eigenvalue weighted by Gasteiger charge is -2.19. The van der Waals surface area contributed by atoms with Gasteiger partial charge in [0.1, 0.15) is 5.82 Å². The van der Waals surface area contributed by atoms with Crippen LogP contribution in [0.2, 0.25) is 0 Å². The predicted molar refractivity (Wildman–Crippen MR) is 77.7 cm³/mol. The van der Waals surface area contributed by atoms with Gasteiger partial charge in [-0.15, -0.1) is 0 Å². The minimum absolute atomic E-state index is 0.0985. The van der Waals surface area contributed by atoms with Crippen LogP contribution in [0.4, 0.5) is 4.39 Å². The van der Waals surface area contributed by atoms with Crippen LogP contribution in [0.5, 0.6) is 0 Å². The second-order valence-electron chi connectivity index (χ2n) is 5.09. The maximum atomic E-state index is 13.6. The van der Waals surface area contributed by atoms with Gasteiger partial charge in [0.25, 0.3) is 0 Å². The molecule has 0 aromatic heterocycles. The molecule has 0 heterocycles. The van der Waals surface area contributed by atoms with Crippen molar-refractivity contribution in [2.45, 2.75) is 43.9 Å². The molecule has 0 radical (unpaired) electrons. The minimum atomic E-state index is -0.0985. The van der Waals surface area contributed by atoms with E-state index in [4.69, 9.17) is 0 Å². The van der Waals surface area contributed by atoms with E-state index in [9.17, 15) is 4.39 Å². The van der Waals surface area contributed by atoms with Gasteiger partial charge in [0.2, 0.25) is 0 Å². The van der Waals surface area contributed by atoms with Gasteiger partial charge in [-0.2, -0.15) is 11.8 Å². The summed E-state index contributed by atoms with van der Waals surface area (Å²) in [4.78, 5) is 0. The Labute approximate surface area is 114 Å². The summed E-state index contributed by atoms with van der Waals surface area (Å²) in [6.45, 7) is 1.81. The fourth-order valence-electron chi connectivity index (χ4n) is 2.46. The van der Waals surface area contributed by atoms with Crippen LogP contribution < -0.4 is 5.32 Å². The van der Waals surface area contributed by atoms with Crippen LogP contribution in [-0.4, -0.2) is 18.1 Å². The number of benzene rings is 1. The average molecular weight is 267 g/mol. The highest BCUT2D eigenvalue weighted by molar-refractivity contribution is 7.99. The van der Waals surface area contributed by atoms with Gasteiger partial charge in [0.05, 0.1) is 0 Å². The van der Waals surface area contributed by atoms with Crippen LogP contribution >= 0.6 is 11.8 Å². The number of hydrogen-bond donors (Lipinski definition) is 1. The molecule has 3 heteroatoms. The number of halogens is 1. The van der Waals surface area contributed by atoms with Gasteiger partial charge < -0.3 is 5.32 Å². The molecule has 1 aliphatic rings. The smallest absolute Gasteiger partial charge is 0.126 e. The highest BCUT2D eigenvalue weighted by Gasteiger charge is 2.18. The van der Waals surface area contributed by atoms with Gasteiger partial charge in [0, 0.05) is 17.0 Å². The summed E-state index contributed by atoms with van der Waals surface area (Å²) in [6, 6.07) is 5.83. The van der Waals surface area contributed by atoms with Gasteiger partial charge in [0.15, 0.2) is 0 Å². The summed E-state index contributed by atoms with van der Waals surface area (Å²) in [6.07, 6.45) is 5.45. The van der Waals surface area contributed by atoms with Crippen molar-refractivity contribution in [3.8, 4) is 0 Å². The van der Waals surface area contributed by atoms with Crippen LogP contribution in [0.3, 0.4) is 0 Å². The summed E-state index contributed by atoms with van der Waals surface area (Å²) >= 11 is 2.04. The van der Waals surface area contributed by atoms with E-state index in [0.717, 1.165) is 22.1 Å². The van der Waals surface area contributed by atoms with Crippen molar-refractivity contribution in [2.24, 2.45) is 0 Å². The maximum absolute atomic E-state index is 13.6. The summed E-state index contributed by atoms with van der Waals surface area (Å²) in [5.74, 6) is 0.933. The first-order valence-corrected chi connectivity index (χ1v) is 7.80. The highest BCUT2D eigenvalue weighted by Crippen LogP contribution is 2.32. The monoisotopic (exact) mass is 267 g/mol. The van der Waals surface area contributed by atoms with Crippen molar-refractivity contribution >= 4 is 11.8 Å². The van der Waals surface area contributed by atoms with Gasteiger partial charge in [-0.25, -0.2) is 4.39 Å². The molecule has 1 atom stereocenters. The first kappa shape index (κ1) is 13.9. The summed E-state index contributed by atoms with van der Waals surface area (Å²) in [5.41, 5.74) is 1.78. The number of aryl methyl sites for hydroxylation is 1. The first-order chi connectivity index (χ1) is 8.70. The molecular weight excluding hydrogens is 245 g/mol. The zero-order valence-electron chi connectivity index (χ0n) is 11.2. The van der Waals surface area contributed by atoms with E-state index in [2.05, 4.69) is 5.32 Å². The molecule has 0 amide bonds. The Morgan fingerprint density at radius 2 is 2.11 bits per heavy atom. The summed E-state index contributed by atoms with van der Waals surface area (Å²) in [5, 5.41) is 4.12. The third-order valence-corrected chi connectivity index (χ3v) is 5.22. The Bertz CT molecular complexity index is 388. The van der Waals surface area contributed by atoms with Crippen molar-refractivity contribution in [3.63, 3.8) is 0 Å². The van der Waals surface area contributed by atoms with Crippen LogP contribution in [0.25, 0.3) is 0 Å².